The van der Waals surface area contributed by atoms with Crippen LogP contribution in [0.1, 0.15) is 11.6 Å². The van der Waals surface area contributed by atoms with Crippen molar-refractivity contribution in [2.45, 2.75) is 12.7 Å². The van der Waals surface area contributed by atoms with Gasteiger partial charge in [-0.1, -0.05) is 6.07 Å². The number of ether oxygens (including phenoxy) is 1. The number of nitrogens with zero attached hydrogens (tertiary/aromatic N) is 1. The molecule has 8 heteroatoms. The molecule has 1 atom stereocenters. The van der Waals surface area contributed by atoms with Gasteiger partial charge in [0, 0.05) is 18.3 Å². The average molecular weight is 355 g/mol. The lowest BCUT2D eigenvalue weighted by molar-refractivity contribution is -0.0497. The summed E-state index contributed by atoms with van der Waals surface area (Å²) < 4.78 is 28.7. The van der Waals surface area contributed by atoms with Gasteiger partial charge in [-0.15, -0.1) is 0 Å². The third-order valence-corrected chi connectivity index (χ3v) is 4.03. The van der Waals surface area contributed by atoms with Crippen LogP contribution in [0.5, 0.6) is 5.75 Å². The minimum atomic E-state index is -2.90. The van der Waals surface area contributed by atoms with E-state index in [1.807, 2.05) is 35.8 Å². The molecule has 0 saturated heterocycles. The monoisotopic (exact) mass is 355 g/mol. The third-order valence-electron chi connectivity index (χ3n) is 3.32. The first-order chi connectivity index (χ1) is 11.5. The molecule has 0 spiro atoms. The van der Waals surface area contributed by atoms with Crippen LogP contribution in [0.3, 0.4) is 0 Å². The topological polar surface area (TPSA) is 53.6 Å². The number of hydrogen-bond acceptors (Lipinski definition) is 4. The Kier molecular flexibility index (Phi) is 6.51. The van der Waals surface area contributed by atoms with Crippen molar-refractivity contribution < 1.29 is 18.3 Å². The molecular formula is C16H19F2N3O2S. The number of halogens is 2. The van der Waals surface area contributed by atoms with Gasteiger partial charge >= 0.3 is 12.6 Å². The van der Waals surface area contributed by atoms with Gasteiger partial charge in [0.05, 0.1) is 6.04 Å². The number of carbonyl (C=O) groups excluding carboxylic acids is 1. The predicted molar refractivity (Wildman–Crippen MR) is 90.8 cm³/mol. The minimum absolute atomic E-state index is 0.00718. The fourth-order valence-corrected chi connectivity index (χ4v) is 2.88. The summed E-state index contributed by atoms with van der Waals surface area (Å²) >= 11 is 1.60. The molecule has 2 aromatic rings. The highest BCUT2D eigenvalue weighted by Crippen LogP contribution is 2.21. The first-order valence-electron chi connectivity index (χ1n) is 7.24. The molecule has 24 heavy (non-hydrogen) atoms. The van der Waals surface area contributed by atoms with E-state index in [2.05, 4.69) is 15.4 Å². The Labute approximate surface area is 143 Å². The Morgan fingerprint density at radius 2 is 2.12 bits per heavy atom. The number of likely N-dealkylation sites (N-methyl/N-ethyl adjacent to an activating group) is 1. The van der Waals surface area contributed by atoms with E-state index in [0.717, 1.165) is 5.56 Å². The predicted octanol–water partition coefficient (Wildman–Crippen LogP) is 3.77. The maximum atomic E-state index is 12.2. The van der Waals surface area contributed by atoms with Crippen molar-refractivity contribution in [2.24, 2.45) is 0 Å². The largest absolute Gasteiger partial charge is 0.435 e. The van der Waals surface area contributed by atoms with Crippen LogP contribution in [-0.2, 0) is 0 Å². The van der Waals surface area contributed by atoms with Gasteiger partial charge in [-0.25, -0.2) is 4.79 Å². The van der Waals surface area contributed by atoms with E-state index in [1.165, 1.54) is 18.2 Å². The number of benzene rings is 1. The van der Waals surface area contributed by atoms with Crippen LogP contribution in [0, 0.1) is 0 Å². The Balaban J connectivity index is 1.91. The molecule has 2 amide bonds. The van der Waals surface area contributed by atoms with Gasteiger partial charge < -0.3 is 20.3 Å². The summed E-state index contributed by atoms with van der Waals surface area (Å²) in [5.41, 5.74) is 1.50. The zero-order valence-electron chi connectivity index (χ0n) is 13.3. The first-order valence-corrected chi connectivity index (χ1v) is 8.18. The highest BCUT2D eigenvalue weighted by atomic mass is 32.1. The highest BCUT2D eigenvalue weighted by molar-refractivity contribution is 7.07. The molecule has 0 aliphatic heterocycles. The number of hydrogen-bond donors (Lipinski definition) is 2. The van der Waals surface area contributed by atoms with Crippen LogP contribution in [0.2, 0.25) is 0 Å². The summed E-state index contributed by atoms with van der Waals surface area (Å²) in [6, 6.07) is 7.52. The van der Waals surface area contributed by atoms with Crippen molar-refractivity contribution in [1.82, 2.24) is 10.2 Å². The number of urea groups is 1. The van der Waals surface area contributed by atoms with Crippen LogP contribution in [-0.4, -0.2) is 38.2 Å². The number of thiophene rings is 1. The lowest BCUT2D eigenvalue weighted by Gasteiger charge is -2.24. The maximum absolute atomic E-state index is 12.2. The molecule has 0 unspecified atom stereocenters. The molecule has 2 N–H and O–H groups in total. The Hall–Kier alpha value is -2.19. The van der Waals surface area contributed by atoms with Crippen molar-refractivity contribution in [2.75, 3.05) is 26.0 Å². The fourth-order valence-electron chi connectivity index (χ4n) is 2.18. The second kappa shape index (κ2) is 8.60. The van der Waals surface area contributed by atoms with E-state index in [0.29, 0.717) is 12.2 Å². The van der Waals surface area contributed by atoms with E-state index >= 15 is 0 Å². The summed E-state index contributed by atoms with van der Waals surface area (Å²) in [7, 11) is 3.88. The molecule has 0 radical (unpaired) electrons. The normalized spacial score (nSPS) is 12.2. The van der Waals surface area contributed by atoms with E-state index < -0.39 is 12.6 Å². The Bertz CT molecular complexity index is 651. The summed E-state index contributed by atoms with van der Waals surface area (Å²) in [4.78, 5) is 14.0. The zero-order chi connectivity index (χ0) is 17.5. The van der Waals surface area contributed by atoms with Gasteiger partial charge in [0.15, 0.2) is 0 Å². The molecule has 0 saturated carbocycles. The molecule has 0 aliphatic rings. The molecular weight excluding hydrogens is 336 g/mol. The number of rotatable bonds is 7. The Morgan fingerprint density at radius 3 is 2.75 bits per heavy atom. The summed E-state index contributed by atoms with van der Waals surface area (Å²) in [6.07, 6.45) is 0. The van der Waals surface area contributed by atoms with Crippen molar-refractivity contribution in [3.8, 4) is 5.75 Å². The molecule has 5 nitrogen and oxygen atoms in total. The standard InChI is InChI=1S/C16H19F2N3O2S/c1-21(2)14(11-6-7-24-10-11)9-19-16(22)20-12-4-3-5-13(8-12)23-15(17)18/h3-8,10,14-15H,9H2,1-2H3,(H2,19,20,22)/t14-/m1/s1. The lowest BCUT2D eigenvalue weighted by atomic mass is 10.1. The molecule has 2 rings (SSSR count). The number of carbonyl (C=O) groups is 1. The van der Waals surface area contributed by atoms with E-state index in [1.54, 1.807) is 17.4 Å². The number of amides is 2. The Morgan fingerprint density at radius 1 is 1.33 bits per heavy atom. The van der Waals surface area contributed by atoms with Gasteiger partial charge in [0.25, 0.3) is 0 Å². The highest BCUT2D eigenvalue weighted by Gasteiger charge is 2.15. The second-order valence-corrected chi connectivity index (χ2v) is 6.06. The van der Waals surface area contributed by atoms with Crippen LogP contribution < -0.4 is 15.4 Å². The van der Waals surface area contributed by atoms with Crippen molar-refractivity contribution >= 4 is 23.1 Å². The SMILES string of the molecule is CN(C)[C@H](CNC(=O)Nc1cccc(OC(F)F)c1)c1ccsc1. The van der Waals surface area contributed by atoms with E-state index in [-0.39, 0.29) is 11.8 Å². The number of anilines is 1. The van der Waals surface area contributed by atoms with Gasteiger partial charge in [-0.2, -0.15) is 20.1 Å². The summed E-state index contributed by atoms with van der Waals surface area (Å²) in [5, 5.41) is 9.41. The molecule has 1 aromatic heterocycles. The summed E-state index contributed by atoms with van der Waals surface area (Å²) in [5.74, 6) is -0.00718. The van der Waals surface area contributed by atoms with Crippen molar-refractivity contribution in [1.29, 1.82) is 0 Å². The maximum Gasteiger partial charge on any atom is 0.387 e. The quantitative estimate of drug-likeness (QED) is 0.795. The molecule has 1 heterocycles. The third kappa shape index (κ3) is 5.47. The fraction of sp³-hybridized carbons (Fsp3) is 0.312. The van der Waals surface area contributed by atoms with Gasteiger partial charge in [0.2, 0.25) is 0 Å². The molecule has 0 fully saturated rings. The van der Waals surface area contributed by atoms with Crippen molar-refractivity contribution in [3.63, 3.8) is 0 Å². The van der Waals surface area contributed by atoms with Crippen LogP contribution in [0.25, 0.3) is 0 Å². The first kappa shape index (κ1) is 18.2. The van der Waals surface area contributed by atoms with Gasteiger partial charge in [-0.05, 0) is 48.6 Å². The average Bonchev–Trinajstić information content (AvgIpc) is 3.00. The molecule has 130 valence electrons. The van der Waals surface area contributed by atoms with Gasteiger partial charge in [0.1, 0.15) is 5.75 Å². The number of alkyl halides is 2. The van der Waals surface area contributed by atoms with E-state index in [4.69, 9.17) is 0 Å². The van der Waals surface area contributed by atoms with E-state index in [9.17, 15) is 13.6 Å². The van der Waals surface area contributed by atoms with Crippen molar-refractivity contribution in [3.05, 3.63) is 46.7 Å². The zero-order valence-corrected chi connectivity index (χ0v) is 14.1. The molecule has 0 aliphatic carbocycles. The second-order valence-electron chi connectivity index (χ2n) is 5.28. The van der Waals surface area contributed by atoms with Crippen LogP contribution in [0.4, 0.5) is 19.3 Å². The molecule has 1 aromatic carbocycles. The van der Waals surface area contributed by atoms with Gasteiger partial charge in [-0.3, -0.25) is 0 Å². The van der Waals surface area contributed by atoms with Crippen LogP contribution >= 0.6 is 11.3 Å². The van der Waals surface area contributed by atoms with Crippen LogP contribution in [0.15, 0.2) is 41.1 Å². The lowest BCUT2D eigenvalue weighted by Crippen LogP contribution is -2.36. The smallest absolute Gasteiger partial charge is 0.387 e. The minimum Gasteiger partial charge on any atom is -0.435 e. The molecule has 0 bridgehead atoms. The number of nitrogens with one attached hydrogen (secondary N) is 2. The summed E-state index contributed by atoms with van der Waals surface area (Å²) in [6.45, 7) is -2.48.